The molecule has 1 aliphatic rings. The molecule has 11 heteroatoms. The fourth-order valence-electron chi connectivity index (χ4n) is 4.76. The van der Waals surface area contributed by atoms with Crippen LogP contribution in [0.1, 0.15) is 11.3 Å². The Morgan fingerprint density at radius 3 is 2.53 bits per heavy atom. The molecule has 11 nitrogen and oxygen atoms in total. The lowest BCUT2D eigenvalue weighted by atomic mass is 9.91. The van der Waals surface area contributed by atoms with Crippen molar-refractivity contribution in [2.45, 2.75) is 19.4 Å². The number of aromatic nitrogens is 8. The first-order valence-corrected chi connectivity index (χ1v) is 12.4. The zero-order valence-electron chi connectivity index (χ0n) is 21.8. The molecule has 0 bridgehead atoms. The van der Waals surface area contributed by atoms with E-state index in [2.05, 4.69) is 44.8 Å². The van der Waals surface area contributed by atoms with Gasteiger partial charge in [0.25, 0.3) is 0 Å². The minimum Gasteiger partial charge on any atom is -0.347 e. The standard InChI is InChI=1S/C27H28N10O/c1-34(2)23(38)16-37-12-11-22(33-37)30-27-28-13-19-9-10-21-24(25(19)31-27)26(36(4)32-21)18-7-5-17(6-8-18)20-14-29-35(3)15-20/h5-8,11-15H,9-10,16H2,1-4H3,(H,28,30,31,33). The number of hydrogen-bond acceptors (Lipinski definition) is 7. The number of aryl methyl sites for hydroxylation is 4. The van der Waals surface area contributed by atoms with E-state index >= 15 is 0 Å². The second-order valence-corrected chi connectivity index (χ2v) is 9.65. The van der Waals surface area contributed by atoms with Crippen molar-refractivity contribution >= 4 is 17.7 Å². The normalized spacial score (nSPS) is 12.2. The molecule has 192 valence electrons. The number of hydrogen-bond donors (Lipinski definition) is 1. The summed E-state index contributed by atoms with van der Waals surface area (Å²) in [5, 5.41) is 16.8. The van der Waals surface area contributed by atoms with E-state index in [-0.39, 0.29) is 12.5 Å². The molecule has 38 heavy (non-hydrogen) atoms. The van der Waals surface area contributed by atoms with Crippen molar-refractivity contribution < 1.29 is 4.79 Å². The molecule has 1 aromatic carbocycles. The number of anilines is 2. The van der Waals surface area contributed by atoms with E-state index in [1.54, 1.807) is 35.7 Å². The summed E-state index contributed by atoms with van der Waals surface area (Å²) in [7, 11) is 7.34. The summed E-state index contributed by atoms with van der Waals surface area (Å²) >= 11 is 0. The monoisotopic (exact) mass is 508 g/mol. The van der Waals surface area contributed by atoms with Crippen molar-refractivity contribution in [3.8, 4) is 33.6 Å². The SMILES string of the molecule is CN(C)C(=O)Cn1ccc(Nc2ncc3c(n2)-c2c(nn(C)c2-c2ccc(-c4cnn(C)c4)cc2)CC3)n1. The van der Waals surface area contributed by atoms with Gasteiger partial charge in [0, 0.05) is 69.5 Å². The number of nitrogens with one attached hydrogen (secondary N) is 1. The van der Waals surface area contributed by atoms with E-state index in [1.807, 2.05) is 37.4 Å². The van der Waals surface area contributed by atoms with Crippen LogP contribution >= 0.6 is 0 Å². The van der Waals surface area contributed by atoms with Crippen LogP contribution in [0, 0.1) is 0 Å². The van der Waals surface area contributed by atoms with Gasteiger partial charge in [-0.25, -0.2) is 9.97 Å². The largest absolute Gasteiger partial charge is 0.347 e. The van der Waals surface area contributed by atoms with E-state index in [0.717, 1.165) is 57.7 Å². The molecule has 0 saturated heterocycles. The number of amides is 1. The Balaban J connectivity index is 1.32. The van der Waals surface area contributed by atoms with Crippen LogP contribution in [0.3, 0.4) is 0 Å². The average molecular weight is 509 g/mol. The molecule has 1 amide bonds. The van der Waals surface area contributed by atoms with Crippen LogP contribution < -0.4 is 5.32 Å². The van der Waals surface area contributed by atoms with Gasteiger partial charge in [-0.3, -0.25) is 18.8 Å². The molecule has 0 aliphatic heterocycles. The fraction of sp³-hybridized carbons (Fsp3) is 0.259. The number of carbonyl (C=O) groups is 1. The highest BCUT2D eigenvalue weighted by atomic mass is 16.2. The van der Waals surface area contributed by atoms with Crippen molar-refractivity contribution in [3.63, 3.8) is 0 Å². The van der Waals surface area contributed by atoms with Gasteiger partial charge in [-0.1, -0.05) is 24.3 Å². The molecule has 1 aliphatic carbocycles. The van der Waals surface area contributed by atoms with Crippen molar-refractivity contribution in [2.75, 3.05) is 19.4 Å². The lowest BCUT2D eigenvalue weighted by Crippen LogP contribution is -2.26. The first-order chi connectivity index (χ1) is 18.4. The van der Waals surface area contributed by atoms with Crippen LogP contribution in [0.25, 0.3) is 33.6 Å². The van der Waals surface area contributed by atoms with Crippen LogP contribution in [-0.2, 0) is 38.3 Å². The summed E-state index contributed by atoms with van der Waals surface area (Å²) in [5.74, 6) is 0.988. The van der Waals surface area contributed by atoms with Gasteiger partial charge < -0.3 is 10.2 Å². The first-order valence-electron chi connectivity index (χ1n) is 12.4. The van der Waals surface area contributed by atoms with Gasteiger partial charge in [0.05, 0.1) is 23.3 Å². The van der Waals surface area contributed by atoms with E-state index < -0.39 is 0 Å². The minimum atomic E-state index is -0.0326. The number of rotatable bonds is 6. The molecule has 0 atom stereocenters. The molecular formula is C27H28N10O. The highest BCUT2D eigenvalue weighted by Gasteiger charge is 2.27. The Morgan fingerprint density at radius 1 is 1.00 bits per heavy atom. The Kier molecular flexibility index (Phi) is 5.74. The maximum absolute atomic E-state index is 12.0. The van der Waals surface area contributed by atoms with Gasteiger partial charge in [0.2, 0.25) is 11.9 Å². The topological polar surface area (TPSA) is 112 Å². The predicted molar refractivity (Wildman–Crippen MR) is 143 cm³/mol. The van der Waals surface area contributed by atoms with E-state index in [0.29, 0.717) is 11.8 Å². The van der Waals surface area contributed by atoms with Crippen LogP contribution in [0.15, 0.2) is 55.1 Å². The van der Waals surface area contributed by atoms with Gasteiger partial charge >= 0.3 is 0 Å². The van der Waals surface area contributed by atoms with Gasteiger partial charge in [-0.15, -0.1) is 0 Å². The van der Waals surface area contributed by atoms with E-state index in [1.165, 1.54) is 4.90 Å². The summed E-state index contributed by atoms with van der Waals surface area (Å²) < 4.78 is 5.34. The van der Waals surface area contributed by atoms with Crippen LogP contribution in [0.5, 0.6) is 0 Å². The molecule has 1 N–H and O–H groups in total. The number of fused-ring (bicyclic) bond motifs is 3. The molecular weight excluding hydrogens is 480 g/mol. The summed E-state index contributed by atoms with van der Waals surface area (Å²) in [5.41, 5.74) is 8.32. The summed E-state index contributed by atoms with van der Waals surface area (Å²) in [6.45, 7) is 0.168. The molecule has 0 saturated carbocycles. The summed E-state index contributed by atoms with van der Waals surface area (Å²) in [4.78, 5) is 23.0. The van der Waals surface area contributed by atoms with Crippen LogP contribution in [0.4, 0.5) is 11.8 Å². The third kappa shape index (κ3) is 4.32. The Bertz CT molecular complexity index is 1640. The fourth-order valence-corrected chi connectivity index (χ4v) is 4.76. The zero-order chi connectivity index (χ0) is 26.4. The highest BCUT2D eigenvalue weighted by Crippen LogP contribution is 2.40. The molecule has 0 spiro atoms. The van der Waals surface area contributed by atoms with Crippen LogP contribution in [-0.4, -0.2) is 64.2 Å². The zero-order valence-corrected chi connectivity index (χ0v) is 21.8. The Hall–Kier alpha value is -4.80. The molecule has 5 aromatic rings. The van der Waals surface area contributed by atoms with Gasteiger partial charge in [0.1, 0.15) is 6.54 Å². The molecule has 0 fully saturated rings. The van der Waals surface area contributed by atoms with E-state index in [4.69, 9.17) is 10.1 Å². The van der Waals surface area contributed by atoms with Crippen molar-refractivity contribution in [1.29, 1.82) is 0 Å². The van der Waals surface area contributed by atoms with Gasteiger partial charge in [0.15, 0.2) is 5.82 Å². The van der Waals surface area contributed by atoms with Gasteiger partial charge in [-0.2, -0.15) is 15.3 Å². The maximum atomic E-state index is 12.0. The predicted octanol–water partition coefficient (Wildman–Crippen LogP) is 3.07. The van der Waals surface area contributed by atoms with E-state index in [9.17, 15) is 4.79 Å². The number of benzene rings is 1. The van der Waals surface area contributed by atoms with Crippen LogP contribution in [0.2, 0.25) is 0 Å². The second kappa shape index (κ2) is 9.25. The summed E-state index contributed by atoms with van der Waals surface area (Å²) in [6, 6.07) is 10.3. The summed E-state index contributed by atoms with van der Waals surface area (Å²) in [6.07, 6.45) is 9.18. The molecule has 4 aromatic heterocycles. The first kappa shape index (κ1) is 23.6. The Labute approximate surface area is 219 Å². The third-order valence-electron chi connectivity index (χ3n) is 6.73. The molecule has 6 rings (SSSR count). The Morgan fingerprint density at radius 2 is 1.79 bits per heavy atom. The average Bonchev–Trinajstić information content (AvgIpc) is 3.62. The lowest BCUT2D eigenvalue weighted by molar-refractivity contribution is -0.129. The highest BCUT2D eigenvalue weighted by molar-refractivity contribution is 5.85. The molecule has 0 radical (unpaired) electrons. The minimum absolute atomic E-state index is 0.0326. The van der Waals surface area contributed by atoms with Gasteiger partial charge in [-0.05, 0) is 24.0 Å². The third-order valence-corrected chi connectivity index (χ3v) is 6.73. The number of carbonyl (C=O) groups excluding carboxylic acids is 1. The smallest absolute Gasteiger partial charge is 0.243 e. The van der Waals surface area contributed by atoms with Crippen molar-refractivity contribution in [2.24, 2.45) is 14.1 Å². The van der Waals surface area contributed by atoms with Crippen molar-refractivity contribution in [3.05, 3.63) is 66.4 Å². The number of nitrogens with zero attached hydrogens (tertiary/aromatic N) is 9. The lowest BCUT2D eigenvalue weighted by Gasteiger charge is -2.17. The second-order valence-electron chi connectivity index (χ2n) is 9.65. The maximum Gasteiger partial charge on any atom is 0.243 e. The van der Waals surface area contributed by atoms with Crippen molar-refractivity contribution in [1.82, 2.24) is 44.2 Å². The number of likely N-dealkylation sites (N-methyl/N-ethyl adjacent to an activating group) is 1. The molecule has 4 heterocycles. The molecule has 0 unspecified atom stereocenters. The quantitative estimate of drug-likeness (QED) is 0.375.